The average Bonchev–Trinajstić information content (AvgIpc) is 2.90. The van der Waals surface area contributed by atoms with Gasteiger partial charge in [0.1, 0.15) is 4.90 Å². The van der Waals surface area contributed by atoms with Crippen LogP contribution in [0.5, 0.6) is 0 Å². The number of amides is 1. The van der Waals surface area contributed by atoms with Crippen LogP contribution in [0.25, 0.3) is 0 Å². The maximum absolute atomic E-state index is 13.2. The predicted molar refractivity (Wildman–Crippen MR) is 105 cm³/mol. The third-order valence-electron chi connectivity index (χ3n) is 5.08. The maximum Gasteiger partial charge on any atom is 0.253 e. The second kappa shape index (κ2) is 8.47. The highest BCUT2D eigenvalue weighted by molar-refractivity contribution is 7.89. The fourth-order valence-corrected chi connectivity index (χ4v) is 5.85. The van der Waals surface area contributed by atoms with Gasteiger partial charge in [0.25, 0.3) is 5.91 Å². The number of ether oxygens (including phenoxy) is 1. The Morgan fingerprint density at radius 3 is 2.26 bits per heavy atom. The number of benzene rings is 1. The van der Waals surface area contributed by atoms with Crippen molar-refractivity contribution < 1.29 is 17.9 Å². The molecule has 3 rings (SSSR count). The molecular formula is C19H27ClN2O4S. The number of nitrogens with zero attached hydrogens (tertiary/aromatic N) is 2. The molecule has 2 aliphatic heterocycles. The second-order valence-corrected chi connectivity index (χ2v) is 9.74. The highest BCUT2D eigenvalue weighted by Gasteiger charge is 2.34. The molecule has 0 bridgehead atoms. The van der Waals surface area contributed by atoms with Crippen molar-refractivity contribution >= 4 is 27.5 Å². The van der Waals surface area contributed by atoms with Gasteiger partial charge in [-0.05, 0) is 44.9 Å². The van der Waals surface area contributed by atoms with Gasteiger partial charge in [-0.2, -0.15) is 4.31 Å². The first-order valence-corrected chi connectivity index (χ1v) is 11.4. The standard InChI is InChI=1S/C19H27ClN2O4S/c1-14-12-22(13-15(2)26-14)27(24,25)18-11-16(7-8-17(18)20)19(23)21-9-5-3-4-6-10-21/h7-8,11,14-15H,3-6,9-10,12-13H2,1-2H3. The smallest absolute Gasteiger partial charge is 0.253 e. The van der Waals surface area contributed by atoms with Gasteiger partial charge < -0.3 is 9.64 Å². The van der Waals surface area contributed by atoms with Crippen molar-refractivity contribution in [3.8, 4) is 0 Å². The Hall–Kier alpha value is -1.15. The monoisotopic (exact) mass is 414 g/mol. The summed E-state index contributed by atoms with van der Waals surface area (Å²) < 4.78 is 33.4. The Kier molecular flexibility index (Phi) is 6.46. The molecule has 2 atom stereocenters. The van der Waals surface area contributed by atoms with Crippen LogP contribution >= 0.6 is 11.6 Å². The fourth-order valence-electron chi connectivity index (χ4n) is 3.76. The van der Waals surface area contributed by atoms with Gasteiger partial charge in [-0.25, -0.2) is 8.42 Å². The third-order valence-corrected chi connectivity index (χ3v) is 7.39. The van der Waals surface area contributed by atoms with E-state index in [1.807, 2.05) is 18.7 Å². The van der Waals surface area contributed by atoms with Crippen molar-refractivity contribution in [2.75, 3.05) is 26.2 Å². The minimum atomic E-state index is -3.80. The van der Waals surface area contributed by atoms with Crippen molar-refractivity contribution in [2.45, 2.75) is 56.6 Å². The van der Waals surface area contributed by atoms with E-state index >= 15 is 0 Å². The minimum Gasteiger partial charge on any atom is -0.373 e. The van der Waals surface area contributed by atoms with E-state index in [2.05, 4.69) is 0 Å². The molecule has 27 heavy (non-hydrogen) atoms. The lowest BCUT2D eigenvalue weighted by Crippen LogP contribution is -2.48. The van der Waals surface area contributed by atoms with E-state index in [0.717, 1.165) is 25.7 Å². The van der Waals surface area contributed by atoms with Crippen molar-refractivity contribution in [1.29, 1.82) is 0 Å². The summed E-state index contributed by atoms with van der Waals surface area (Å²) >= 11 is 6.23. The van der Waals surface area contributed by atoms with Crippen LogP contribution in [0.3, 0.4) is 0 Å². The molecule has 2 heterocycles. The molecule has 1 aromatic carbocycles. The summed E-state index contributed by atoms with van der Waals surface area (Å²) in [7, 11) is -3.80. The summed E-state index contributed by atoms with van der Waals surface area (Å²) in [5.41, 5.74) is 0.370. The Bertz CT molecular complexity index is 781. The maximum atomic E-state index is 13.2. The number of carbonyl (C=O) groups excluding carboxylic acids is 1. The van der Waals surface area contributed by atoms with E-state index in [9.17, 15) is 13.2 Å². The summed E-state index contributed by atoms with van der Waals surface area (Å²) in [5.74, 6) is -0.131. The number of carbonyl (C=O) groups is 1. The van der Waals surface area contributed by atoms with Crippen LogP contribution in [0.4, 0.5) is 0 Å². The molecule has 2 saturated heterocycles. The van der Waals surface area contributed by atoms with Gasteiger partial charge in [0.15, 0.2) is 0 Å². The van der Waals surface area contributed by atoms with Gasteiger partial charge in [0.2, 0.25) is 10.0 Å². The average molecular weight is 415 g/mol. The minimum absolute atomic E-state index is 0.00820. The Balaban J connectivity index is 1.89. The molecule has 0 N–H and O–H groups in total. The first-order chi connectivity index (χ1) is 12.8. The van der Waals surface area contributed by atoms with Crippen LogP contribution in [0.15, 0.2) is 23.1 Å². The second-order valence-electron chi connectivity index (χ2n) is 7.43. The molecule has 0 aromatic heterocycles. The summed E-state index contributed by atoms with van der Waals surface area (Å²) in [5, 5.41) is 0.134. The number of rotatable bonds is 3. The van der Waals surface area contributed by atoms with Gasteiger partial charge >= 0.3 is 0 Å². The van der Waals surface area contributed by atoms with Gasteiger partial charge in [-0.1, -0.05) is 24.4 Å². The summed E-state index contributed by atoms with van der Waals surface area (Å²) in [6.07, 6.45) is 3.82. The first-order valence-electron chi connectivity index (χ1n) is 9.53. The van der Waals surface area contributed by atoms with Crippen molar-refractivity contribution in [2.24, 2.45) is 0 Å². The third kappa shape index (κ3) is 4.65. The normalized spacial score (nSPS) is 25.2. The van der Waals surface area contributed by atoms with Crippen molar-refractivity contribution in [3.63, 3.8) is 0 Å². The van der Waals surface area contributed by atoms with Crippen molar-refractivity contribution in [3.05, 3.63) is 28.8 Å². The molecule has 150 valence electrons. The van der Waals surface area contributed by atoms with Gasteiger partial charge in [-0.15, -0.1) is 0 Å². The topological polar surface area (TPSA) is 66.9 Å². The summed E-state index contributed by atoms with van der Waals surface area (Å²) in [4.78, 5) is 14.7. The van der Waals surface area contributed by atoms with E-state index < -0.39 is 10.0 Å². The molecule has 0 aliphatic carbocycles. The number of hydrogen-bond acceptors (Lipinski definition) is 4. The number of halogens is 1. The molecule has 2 fully saturated rings. The molecule has 1 aromatic rings. The highest BCUT2D eigenvalue weighted by atomic mass is 35.5. The van der Waals surface area contributed by atoms with Crippen LogP contribution in [0.2, 0.25) is 5.02 Å². The Labute approximate surface area is 166 Å². The molecule has 0 saturated carbocycles. The molecule has 1 amide bonds. The molecular weight excluding hydrogens is 388 g/mol. The number of sulfonamides is 1. The van der Waals surface area contributed by atoms with E-state index in [4.69, 9.17) is 16.3 Å². The van der Waals surface area contributed by atoms with Gasteiger partial charge in [0, 0.05) is 31.7 Å². The lowest BCUT2D eigenvalue weighted by Gasteiger charge is -2.34. The zero-order valence-electron chi connectivity index (χ0n) is 15.9. The first kappa shape index (κ1) is 20.6. The van der Waals surface area contributed by atoms with Crippen LogP contribution < -0.4 is 0 Å². The fraction of sp³-hybridized carbons (Fsp3) is 0.632. The quantitative estimate of drug-likeness (QED) is 0.761. The predicted octanol–water partition coefficient (Wildman–Crippen LogP) is 3.15. The van der Waals surface area contributed by atoms with Crippen molar-refractivity contribution in [1.82, 2.24) is 9.21 Å². The number of likely N-dealkylation sites (tertiary alicyclic amines) is 1. The van der Waals surface area contributed by atoms with Gasteiger partial charge in [0.05, 0.1) is 17.2 Å². The molecule has 6 nitrogen and oxygen atoms in total. The van der Waals surface area contributed by atoms with Crippen LogP contribution in [-0.2, 0) is 14.8 Å². The Morgan fingerprint density at radius 2 is 1.67 bits per heavy atom. The Morgan fingerprint density at radius 1 is 1.07 bits per heavy atom. The van der Waals surface area contributed by atoms with Gasteiger partial charge in [-0.3, -0.25) is 4.79 Å². The molecule has 0 spiro atoms. The van der Waals surface area contributed by atoms with E-state index in [0.29, 0.717) is 18.7 Å². The zero-order chi connectivity index (χ0) is 19.6. The van der Waals surface area contributed by atoms with Crippen LogP contribution in [0.1, 0.15) is 49.9 Å². The molecule has 2 unspecified atom stereocenters. The molecule has 8 heteroatoms. The largest absolute Gasteiger partial charge is 0.373 e. The summed E-state index contributed by atoms with van der Waals surface area (Å²) in [6.45, 7) is 5.66. The lowest BCUT2D eigenvalue weighted by atomic mass is 10.2. The number of hydrogen-bond donors (Lipinski definition) is 0. The lowest BCUT2D eigenvalue weighted by molar-refractivity contribution is -0.0440. The van der Waals surface area contributed by atoms with E-state index in [1.54, 1.807) is 6.07 Å². The van der Waals surface area contributed by atoms with Crippen LogP contribution in [-0.4, -0.2) is 61.9 Å². The van der Waals surface area contributed by atoms with E-state index in [-0.39, 0.29) is 41.1 Å². The number of morpholine rings is 1. The van der Waals surface area contributed by atoms with Crippen LogP contribution in [0, 0.1) is 0 Å². The highest BCUT2D eigenvalue weighted by Crippen LogP contribution is 2.28. The SMILES string of the molecule is CC1CN(S(=O)(=O)c2cc(C(=O)N3CCCCCC3)ccc2Cl)CC(C)O1. The molecule has 2 aliphatic rings. The summed E-state index contributed by atoms with van der Waals surface area (Å²) in [6, 6.07) is 4.54. The van der Waals surface area contributed by atoms with E-state index in [1.165, 1.54) is 16.4 Å². The zero-order valence-corrected chi connectivity index (χ0v) is 17.4. The molecule has 0 radical (unpaired) electrons.